The molecule has 0 saturated heterocycles. The smallest absolute Gasteiger partial charge is 0.238 e. The fourth-order valence-corrected chi connectivity index (χ4v) is 2.83. The Hall–Kier alpha value is -0.560. The van der Waals surface area contributed by atoms with Crippen molar-refractivity contribution in [2.24, 2.45) is 0 Å². The van der Waals surface area contributed by atoms with Crippen LogP contribution in [0.25, 0.3) is 11.3 Å². The van der Waals surface area contributed by atoms with E-state index in [2.05, 4.69) is 5.16 Å². The molecule has 0 atom stereocenters. The summed E-state index contributed by atoms with van der Waals surface area (Å²) in [4.78, 5) is 0. The lowest BCUT2D eigenvalue weighted by Crippen LogP contribution is -1.94. The van der Waals surface area contributed by atoms with Gasteiger partial charge in [0.25, 0.3) is 0 Å². The molecule has 2 rings (SSSR count). The SMILES string of the molecule is O=S(=O)(Cl)Cc1cc(-c2csc(Cl)c2)on1. The van der Waals surface area contributed by atoms with Crippen LogP contribution in [0.2, 0.25) is 4.34 Å². The molecule has 2 aromatic heterocycles. The Balaban J connectivity index is 2.26. The van der Waals surface area contributed by atoms with E-state index in [1.165, 1.54) is 17.4 Å². The second-order valence-corrected chi connectivity index (χ2v) is 7.32. The van der Waals surface area contributed by atoms with Gasteiger partial charge in [-0.25, -0.2) is 8.42 Å². The van der Waals surface area contributed by atoms with Crippen LogP contribution in [0.15, 0.2) is 22.0 Å². The Morgan fingerprint density at radius 3 is 2.75 bits per heavy atom. The van der Waals surface area contributed by atoms with Gasteiger partial charge in [0, 0.05) is 27.7 Å². The van der Waals surface area contributed by atoms with Crippen molar-refractivity contribution in [1.82, 2.24) is 5.16 Å². The highest BCUT2D eigenvalue weighted by atomic mass is 35.7. The maximum Gasteiger partial charge on any atom is 0.238 e. The Morgan fingerprint density at radius 1 is 1.44 bits per heavy atom. The summed E-state index contributed by atoms with van der Waals surface area (Å²) < 4.78 is 27.2. The van der Waals surface area contributed by atoms with E-state index in [0.717, 1.165) is 5.56 Å². The lowest BCUT2D eigenvalue weighted by atomic mass is 10.2. The number of rotatable bonds is 3. The first-order valence-corrected chi connectivity index (χ1v) is 7.80. The highest BCUT2D eigenvalue weighted by molar-refractivity contribution is 8.13. The first-order chi connectivity index (χ1) is 7.44. The van der Waals surface area contributed by atoms with Crippen LogP contribution in [0.3, 0.4) is 0 Å². The van der Waals surface area contributed by atoms with Crippen LogP contribution in [0.4, 0.5) is 0 Å². The molecule has 0 fully saturated rings. The second kappa shape index (κ2) is 4.37. The van der Waals surface area contributed by atoms with Crippen molar-refractivity contribution in [3.05, 3.63) is 27.5 Å². The van der Waals surface area contributed by atoms with Crippen molar-refractivity contribution >= 4 is 42.7 Å². The molecule has 0 amide bonds. The molecule has 0 aliphatic rings. The number of thiophene rings is 1. The van der Waals surface area contributed by atoms with Crippen LogP contribution < -0.4 is 0 Å². The van der Waals surface area contributed by atoms with Crippen LogP contribution in [-0.4, -0.2) is 13.6 Å². The Kier molecular flexibility index (Phi) is 3.25. The van der Waals surface area contributed by atoms with Gasteiger partial charge < -0.3 is 4.52 Å². The van der Waals surface area contributed by atoms with Gasteiger partial charge in [-0.05, 0) is 6.07 Å². The van der Waals surface area contributed by atoms with Gasteiger partial charge in [0.05, 0.1) is 4.34 Å². The number of hydrogen-bond acceptors (Lipinski definition) is 5. The van der Waals surface area contributed by atoms with Gasteiger partial charge >= 0.3 is 0 Å². The fraction of sp³-hybridized carbons (Fsp3) is 0.125. The Labute approximate surface area is 105 Å². The Morgan fingerprint density at radius 2 is 2.19 bits per heavy atom. The first-order valence-electron chi connectivity index (χ1n) is 4.06. The number of hydrogen-bond donors (Lipinski definition) is 0. The molecule has 4 nitrogen and oxygen atoms in total. The van der Waals surface area contributed by atoms with Crippen LogP contribution >= 0.6 is 33.6 Å². The summed E-state index contributed by atoms with van der Waals surface area (Å²) in [5, 5.41) is 5.40. The van der Waals surface area contributed by atoms with Crippen molar-refractivity contribution in [2.45, 2.75) is 5.75 Å². The van der Waals surface area contributed by atoms with Gasteiger partial charge in [-0.3, -0.25) is 0 Å². The molecule has 8 heteroatoms. The van der Waals surface area contributed by atoms with Gasteiger partial charge in [-0.1, -0.05) is 16.8 Å². The molecule has 16 heavy (non-hydrogen) atoms. The van der Waals surface area contributed by atoms with Gasteiger partial charge in [0.2, 0.25) is 9.05 Å². The standard InChI is InChI=1S/C8H5Cl2NO3S2/c9-8-1-5(3-15-8)7-2-6(11-14-7)4-16(10,12)13/h1-3H,4H2. The van der Waals surface area contributed by atoms with Gasteiger partial charge in [0.15, 0.2) is 5.76 Å². The molecule has 0 radical (unpaired) electrons. The number of nitrogens with zero attached hydrogens (tertiary/aromatic N) is 1. The predicted octanol–water partition coefficient (Wildman–Crippen LogP) is 3.13. The van der Waals surface area contributed by atoms with Crippen LogP contribution in [-0.2, 0) is 14.8 Å². The van der Waals surface area contributed by atoms with E-state index in [4.69, 9.17) is 26.8 Å². The van der Waals surface area contributed by atoms with Crippen molar-refractivity contribution in [1.29, 1.82) is 0 Å². The van der Waals surface area contributed by atoms with Gasteiger partial charge in [-0.15, -0.1) is 11.3 Å². The minimum Gasteiger partial charge on any atom is -0.356 e. The molecule has 0 aliphatic heterocycles. The molecule has 0 N–H and O–H groups in total. The maximum atomic E-state index is 10.8. The van der Waals surface area contributed by atoms with E-state index in [-0.39, 0.29) is 11.4 Å². The lowest BCUT2D eigenvalue weighted by Gasteiger charge is -1.86. The van der Waals surface area contributed by atoms with Crippen LogP contribution in [0, 0.1) is 0 Å². The van der Waals surface area contributed by atoms with E-state index in [1.54, 1.807) is 11.4 Å². The molecule has 0 unspecified atom stereocenters. The van der Waals surface area contributed by atoms with Crippen molar-refractivity contribution in [3.63, 3.8) is 0 Å². The topological polar surface area (TPSA) is 60.2 Å². The summed E-state index contributed by atoms with van der Waals surface area (Å²) in [7, 11) is 1.48. The third-order valence-corrected chi connectivity index (χ3v) is 3.79. The number of halogens is 2. The fourth-order valence-electron chi connectivity index (χ4n) is 1.13. The van der Waals surface area contributed by atoms with Crippen molar-refractivity contribution in [2.75, 3.05) is 0 Å². The summed E-state index contributed by atoms with van der Waals surface area (Å²) in [6.07, 6.45) is 0. The van der Waals surface area contributed by atoms with E-state index in [9.17, 15) is 8.42 Å². The third kappa shape index (κ3) is 2.98. The minimum absolute atomic E-state index is 0.271. The molecule has 0 saturated carbocycles. The zero-order chi connectivity index (χ0) is 11.8. The van der Waals surface area contributed by atoms with Crippen LogP contribution in [0.5, 0.6) is 0 Å². The lowest BCUT2D eigenvalue weighted by molar-refractivity contribution is 0.426. The van der Waals surface area contributed by atoms with Gasteiger partial charge in [0.1, 0.15) is 11.4 Å². The predicted molar refractivity (Wildman–Crippen MR) is 63.3 cm³/mol. The van der Waals surface area contributed by atoms with E-state index < -0.39 is 9.05 Å². The zero-order valence-electron chi connectivity index (χ0n) is 7.68. The molecular formula is C8H5Cl2NO3S2. The molecule has 2 heterocycles. The highest BCUT2D eigenvalue weighted by Crippen LogP contribution is 2.29. The molecule has 0 aliphatic carbocycles. The van der Waals surface area contributed by atoms with Gasteiger partial charge in [-0.2, -0.15) is 0 Å². The average molecular weight is 298 g/mol. The van der Waals surface area contributed by atoms with E-state index in [0.29, 0.717) is 10.1 Å². The van der Waals surface area contributed by atoms with Crippen molar-refractivity contribution in [3.8, 4) is 11.3 Å². The third-order valence-electron chi connectivity index (χ3n) is 1.73. The summed E-state index contributed by atoms with van der Waals surface area (Å²) >= 11 is 7.12. The largest absolute Gasteiger partial charge is 0.356 e. The monoisotopic (exact) mass is 297 g/mol. The normalized spacial score (nSPS) is 11.9. The van der Waals surface area contributed by atoms with Crippen molar-refractivity contribution < 1.29 is 12.9 Å². The summed E-state index contributed by atoms with van der Waals surface area (Å²) in [6.45, 7) is 0. The molecular weight excluding hydrogens is 293 g/mol. The maximum absolute atomic E-state index is 10.8. The molecule has 0 bridgehead atoms. The molecule has 0 aromatic carbocycles. The second-order valence-electron chi connectivity index (χ2n) is 3.01. The average Bonchev–Trinajstić information content (AvgIpc) is 2.71. The van der Waals surface area contributed by atoms with E-state index in [1.807, 2.05) is 0 Å². The quantitative estimate of drug-likeness (QED) is 0.817. The van der Waals surface area contributed by atoms with Crippen LogP contribution in [0.1, 0.15) is 5.69 Å². The summed E-state index contributed by atoms with van der Waals surface area (Å²) in [6, 6.07) is 3.24. The molecule has 2 aromatic rings. The minimum atomic E-state index is -3.61. The molecule has 86 valence electrons. The molecule has 0 spiro atoms. The summed E-state index contributed by atoms with van der Waals surface area (Å²) in [5.74, 6) is 0.120. The van der Waals surface area contributed by atoms with E-state index >= 15 is 0 Å². The highest BCUT2D eigenvalue weighted by Gasteiger charge is 2.13. The number of aromatic nitrogens is 1. The first kappa shape index (κ1) is 11.9. The zero-order valence-corrected chi connectivity index (χ0v) is 10.8. The summed E-state index contributed by atoms with van der Waals surface area (Å²) in [5.41, 5.74) is 1.04. The Bertz CT molecular complexity index is 602.